The Kier molecular flexibility index (Phi) is 5.96. The molecule has 2 atom stereocenters. The number of urea groups is 1. The van der Waals surface area contributed by atoms with Gasteiger partial charge in [-0.25, -0.2) is 4.79 Å². The van der Waals surface area contributed by atoms with Crippen molar-refractivity contribution in [3.05, 3.63) is 24.3 Å². The van der Waals surface area contributed by atoms with Gasteiger partial charge in [-0.2, -0.15) is 0 Å². The van der Waals surface area contributed by atoms with Gasteiger partial charge in [0.2, 0.25) is 0 Å². The van der Waals surface area contributed by atoms with Crippen molar-refractivity contribution in [2.75, 3.05) is 23.3 Å². The maximum Gasteiger partial charge on any atom is 0.319 e. The molecule has 132 valence electrons. The van der Waals surface area contributed by atoms with E-state index in [2.05, 4.69) is 21.6 Å². The Morgan fingerprint density at radius 3 is 2.54 bits per heavy atom. The molecule has 1 aromatic carbocycles. The summed E-state index contributed by atoms with van der Waals surface area (Å²) in [6, 6.07) is 7.70. The number of hydrogen-bond acceptors (Lipinski definition) is 3. The van der Waals surface area contributed by atoms with E-state index in [-0.39, 0.29) is 12.1 Å². The number of nitrogens with one attached hydrogen (secondary N) is 2. The highest BCUT2D eigenvalue weighted by atomic mass is 16.3. The van der Waals surface area contributed by atoms with Crippen molar-refractivity contribution in [3.63, 3.8) is 0 Å². The predicted molar refractivity (Wildman–Crippen MR) is 97.5 cm³/mol. The second-order valence-electron chi connectivity index (χ2n) is 7.01. The molecule has 0 radical (unpaired) electrons. The van der Waals surface area contributed by atoms with Gasteiger partial charge in [0.1, 0.15) is 0 Å². The van der Waals surface area contributed by atoms with Gasteiger partial charge >= 0.3 is 6.03 Å². The van der Waals surface area contributed by atoms with Gasteiger partial charge < -0.3 is 20.6 Å². The first-order valence-corrected chi connectivity index (χ1v) is 9.33. The number of hydrogen-bond donors (Lipinski definition) is 3. The molecule has 0 spiro atoms. The Hall–Kier alpha value is -1.75. The van der Waals surface area contributed by atoms with Crippen LogP contribution < -0.4 is 15.5 Å². The summed E-state index contributed by atoms with van der Waals surface area (Å²) in [6.07, 6.45) is 8.38. The molecule has 3 N–H and O–H groups in total. The quantitative estimate of drug-likeness (QED) is 0.794. The van der Waals surface area contributed by atoms with Gasteiger partial charge in [0.25, 0.3) is 0 Å². The third kappa shape index (κ3) is 4.63. The van der Waals surface area contributed by atoms with E-state index in [1.807, 2.05) is 18.2 Å². The third-order valence-corrected chi connectivity index (χ3v) is 5.12. The molecule has 1 aliphatic heterocycles. The first-order valence-electron chi connectivity index (χ1n) is 9.33. The van der Waals surface area contributed by atoms with Gasteiger partial charge in [0, 0.05) is 24.5 Å². The third-order valence-electron chi connectivity index (χ3n) is 5.12. The molecule has 1 saturated heterocycles. The van der Waals surface area contributed by atoms with E-state index in [4.69, 9.17) is 0 Å². The lowest BCUT2D eigenvalue weighted by atomic mass is 9.93. The molecule has 1 aromatic rings. The van der Waals surface area contributed by atoms with E-state index < -0.39 is 6.10 Å². The van der Waals surface area contributed by atoms with Crippen molar-refractivity contribution in [1.29, 1.82) is 0 Å². The van der Waals surface area contributed by atoms with E-state index in [0.29, 0.717) is 0 Å². The normalized spacial score (nSPS) is 25.0. The summed E-state index contributed by atoms with van der Waals surface area (Å²) in [6.45, 7) is 2.17. The lowest BCUT2D eigenvalue weighted by Gasteiger charge is -2.28. The molecule has 2 unspecified atom stereocenters. The highest BCUT2D eigenvalue weighted by molar-refractivity contribution is 5.90. The van der Waals surface area contributed by atoms with E-state index >= 15 is 0 Å². The lowest BCUT2D eigenvalue weighted by Crippen LogP contribution is -2.46. The molecule has 1 aliphatic carbocycles. The lowest BCUT2D eigenvalue weighted by molar-refractivity contribution is 0.0955. The van der Waals surface area contributed by atoms with Crippen LogP contribution in [0, 0.1) is 0 Å². The van der Waals surface area contributed by atoms with E-state index in [9.17, 15) is 9.90 Å². The smallest absolute Gasteiger partial charge is 0.319 e. The summed E-state index contributed by atoms with van der Waals surface area (Å²) in [5.74, 6) is 0. The molecular formula is C19H29N3O2. The van der Waals surface area contributed by atoms with Crippen LogP contribution in [0.3, 0.4) is 0 Å². The number of anilines is 2. The van der Waals surface area contributed by atoms with E-state index in [0.717, 1.165) is 44.5 Å². The molecule has 1 saturated carbocycles. The molecule has 2 fully saturated rings. The van der Waals surface area contributed by atoms with Crippen molar-refractivity contribution in [2.24, 2.45) is 0 Å². The zero-order valence-corrected chi connectivity index (χ0v) is 14.3. The van der Waals surface area contributed by atoms with Crippen LogP contribution in [-0.4, -0.2) is 36.4 Å². The number of nitrogens with zero attached hydrogens (tertiary/aromatic N) is 1. The Bertz CT molecular complexity index is 541. The summed E-state index contributed by atoms with van der Waals surface area (Å²) in [7, 11) is 0. The zero-order chi connectivity index (χ0) is 16.8. The summed E-state index contributed by atoms with van der Waals surface area (Å²) in [4.78, 5) is 14.6. The number of rotatable bonds is 3. The van der Waals surface area contributed by atoms with E-state index in [1.165, 1.54) is 31.4 Å². The molecule has 3 rings (SSSR count). The fraction of sp³-hybridized carbons (Fsp3) is 0.632. The Morgan fingerprint density at radius 1 is 1.04 bits per heavy atom. The minimum atomic E-state index is -0.423. The van der Waals surface area contributed by atoms with Gasteiger partial charge in [-0.1, -0.05) is 31.7 Å². The van der Waals surface area contributed by atoms with Crippen molar-refractivity contribution < 1.29 is 9.90 Å². The van der Waals surface area contributed by atoms with Crippen molar-refractivity contribution in [3.8, 4) is 0 Å². The average Bonchev–Trinajstić information content (AvgIpc) is 2.86. The number of amides is 2. The monoisotopic (exact) mass is 331 g/mol. The topological polar surface area (TPSA) is 64.6 Å². The molecule has 2 aliphatic rings. The summed E-state index contributed by atoms with van der Waals surface area (Å²) in [5.41, 5.74) is 1.98. The minimum absolute atomic E-state index is 0.132. The summed E-state index contributed by atoms with van der Waals surface area (Å²) < 4.78 is 0. The Morgan fingerprint density at radius 2 is 1.79 bits per heavy atom. The summed E-state index contributed by atoms with van der Waals surface area (Å²) in [5, 5.41) is 15.8. The van der Waals surface area contributed by atoms with Crippen molar-refractivity contribution in [2.45, 2.75) is 63.5 Å². The zero-order valence-electron chi connectivity index (χ0n) is 14.3. The highest BCUT2D eigenvalue weighted by Gasteiger charge is 2.24. The number of carbonyl (C=O) groups excluding carboxylic acids is 1. The summed E-state index contributed by atoms with van der Waals surface area (Å²) >= 11 is 0. The standard InChI is InChI=1S/C19H29N3O2/c23-18-11-4-3-10-17(18)21-19(24)20-15-8-7-9-16(14-15)22-12-5-1-2-6-13-22/h7-9,14,17-18,23H,1-6,10-13H2,(H2,20,21,24). The molecule has 1 heterocycles. The predicted octanol–water partition coefficient (Wildman–Crippen LogP) is 3.49. The van der Waals surface area contributed by atoms with Crippen molar-refractivity contribution in [1.82, 2.24) is 5.32 Å². The Labute approximate surface area is 144 Å². The first-order chi connectivity index (χ1) is 11.7. The van der Waals surface area contributed by atoms with Crippen LogP contribution in [0.5, 0.6) is 0 Å². The Balaban J connectivity index is 1.58. The van der Waals surface area contributed by atoms with Crippen LogP contribution >= 0.6 is 0 Å². The van der Waals surface area contributed by atoms with Gasteiger partial charge in [0.15, 0.2) is 0 Å². The van der Waals surface area contributed by atoms with Crippen LogP contribution in [0.4, 0.5) is 16.2 Å². The first kappa shape index (κ1) is 17.1. The molecule has 0 aromatic heterocycles. The maximum absolute atomic E-state index is 12.2. The van der Waals surface area contributed by atoms with Crippen molar-refractivity contribution >= 4 is 17.4 Å². The second-order valence-corrected chi connectivity index (χ2v) is 7.01. The van der Waals surface area contributed by atoms with Crippen LogP contribution in [0.25, 0.3) is 0 Å². The minimum Gasteiger partial charge on any atom is -0.391 e. The van der Waals surface area contributed by atoms with Gasteiger partial charge in [-0.05, 0) is 43.9 Å². The largest absolute Gasteiger partial charge is 0.391 e. The SMILES string of the molecule is O=C(Nc1cccc(N2CCCCCC2)c1)NC1CCCCC1O. The highest BCUT2D eigenvalue weighted by Crippen LogP contribution is 2.23. The number of carbonyl (C=O) groups is 1. The average molecular weight is 331 g/mol. The fourth-order valence-electron chi connectivity index (χ4n) is 3.72. The van der Waals surface area contributed by atoms with Crippen LogP contribution in [0.1, 0.15) is 51.4 Å². The molecule has 5 nitrogen and oxygen atoms in total. The van der Waals surface area contributed by atoms with Gasteiger partial charge in [-0.15, -0.1) is 0 Å². The molecule has 24 heavy (non-hydrogen) atoms. The van der Waals surface area contributed by atoms with Gasteiger partial charge in [0.05, 0.1) is 12.1 Å². The van der Waals surface area contributed by atoms with E-state index in [1.54, 1.807) is 0 Å². The second kappa shape index (κ2) is 8.38. The number of benzene rings is 1. The van der Waals surface area contributed by atoms with Gasteiger partial charge in [-0.3, -0.25) is 0 Å². The maximum atomic E-state index is 12.2. The number of aliphatic hydroxyl groups is 1. The molecular weight excluding hydrogens is 302 g/mol. The van der Waals surface area contributed by atoms with Crippen LogP contribution in [0.2, 0.25) is 0 Å². The molecule has 0 bridgehead atoms. The fourth-order valence-corrected chi connectivity index (χ4v) is 3.72. The van der Waals surface area contributed by atoms with Crippen LogP contribution in [-0.2, 0) is 0 Å². The van der Waals surface area contributed by atoms with Crippen LogP contribution in [0.15, 0.2) is 24.3 Å². The molecule has 5 heteroatoms. The molecule has 2 amide bonds. The number of aliphatic hydroxyl groups excluding tert-OH is 1.